The van der Waals surface area contributed by atoms with Gasteiger partial charge in [-0.1, -0.05) is 6.92 Å². The van der Waals surface area contributed by atoms with Gasteiger partial charge in [0.1, 0.15) is 0 Å². The van der Waals surface area contributed by atoms with E-state index in [1.165, 1.54) is 0 Å². The summed E-state index contributed by atoms with van der Waals surface area (Å²) in [5.41, 5.74) is 2.17. The molecule has 0 aliphatic carbocycles. The molecule has 0 radical (unpaired) electrons. The van der Waals surface area contributed by atoms with Crippen molar-refractivity contribution in [3.8, 4) is 0 Å². The van der Waals surface area contributed by atoms with Gasteiger partial charge in [0.25, 0.3) is 0 Å². The molecule has 14 heavy (non-hydrogen) atoms. The molecule has 2 unspecified atom stereocenters. The van der Waals surface area contributed by atoms with Crippen LogP contribution in [0.3, 0.4) is 0 Å². The van der Waals surface area contributed by atoms with E-state index in [4.69, 9.17) is 10.6 Å². The van der Waals surface area contributed by atoms with Crippen LogP contribution in [0.15, 0.2) is 0 Å². The van der Waals surface area contributed by atoms with Gasteiger partial charge in [0.05, 0.1) is 13.2 Å². The van der Waals surface area contributed by atoms with Crippen LogP contribution >= 0.6 is 0 Å². The Morgan fingerprint density at radius 1 is 1.79 bits per heavy atom. The highest BCUT2D eigenvalue weighted by Gasteiger charge is 2.22. The summed E-state index contributed by atoms with van der Waals surface area (Å²) < 4.78 is 5.31. The number of hydrogen-bond acceptors (Lipinski definition) is 4. The second-order valence-corrected chi connectivity index (χ2v) is 3.83. The Morgan fingerprint density at radius 2 is 2.50 bits per heavy atom. The van der Waals surface area contributed by atoms with Crippen LogP contribution in [0.4, 0.5) is 0 Å². The summed E-state index contributed by atoms with van der Waals surface area (Å²) in [5.74, 6) is 4.89. The molecule has 0 spiro atoms. The summed E-state index contributed by atoms with van der Waals surface area (Å²) in [7, 11) is 0. The molecule has 1 heterocycles. The van der Waals surface area contributed by atoms with Gasteiger partial charge in [-0.25, -0.2) is 5.84 Å². The smallest absolute Gasteiger partial charge is 0.237 e. The molecule has 0 saturated carbocycles. The van der Waals surface area contributed by atoms with Gasteiger partial charge < -0.3 is 4.74 Å². The molecule has 1 amide bonds. The van der Waals surface area contributed by atoms with Gasteiger partial charge in [0, 0.05) is 25.0 Å². The van der Waals surface area contributed by atoms with Crippen molar-refractivity contribution in [1.82, 2.24) is 10.3 Å². The first-order valence-corrected chi connectivity index (χ1v) is 4.97. The number of hydrazine groups is 1. The minimum atomic E-state index is -0.108. The van der Waals surface area contributed by atoms with E-state index in [1.54, 1.807) is 0 Å². The molecular weight excluding hydrogens is 182 g/mol. The second kappa shape index (κ2) is 5.29. The third-order valence-electron chi connectivity index (χ3n) is 2.60. The van der Waals surface area contributed by atoms with Crippen LogP contribution in [0.5, 0.6) is 0 Å². The zero-order chi connectivity index (χ0) is 10.6. The number of nitrogens with zero attached hydrogens (tertiary/aromatic N) is 1. The van der Waals surface area contributed by atoms with Gasteiger partial charge in [0.2, 0.25) is 5.91 Å². The average Bonchev–Trinajstić information content (AvgIpc) is 2.20. The molecular formula is C9H19N3O2. The zero-order valence-electron chi connectivity index (χ0n) is 8.82. The summed E-state index contributed by atoms with van der Waals surface area (Å²) >= 11 is 0. The lowest BCUT2D eigenvalue weighted by Crippen LogP contribution is -2.48. The molecule has 82 valence electrons. The lowest BCUT2D eigenvalue weighted by molar-refractivity contribution is -0.125. The third kappa shape index (κ3) is 2.94. The summed E-state index contributed by atoms with van der Waals surface area (Å²) in [6.45, 7) is 7.12. The first-order chi connectivity index (χ1) is 6.65. The largest absolute Gasteiger partial charge is 0.379 e. The van der Waals surface area contributed by atoms with Crippen molar-refractivity contribution in [2.24, 2.45) is 11.8 Å². The number of hydrogen-bond donors (Lipinski definition) is 2. The molecule has 5 nitrogen and oxygen atoms in total. The summed E-state index contributed by atoms with van der Waals surface area (Å²) in [4.78, 5) is 13.5. The van der Waals surface area contributed by atoms with Gasteiger partial charge in [-0.2, -0.15) is 0 Å². The minimum absolute atomic E-state index is 0.0689. The third-order valence-corrected chi connectivity index (χ3v) is 2.60. The monoisotopic (exact) mass is 201 g/mol. The van der Waals surface area contributed by atoms with E-state index >= 15 is 0 Å². The van der Waals surface area contributed by atoms with E-state index in [0.29, 0.717) is 6.04 Å². The van der Waals surface area contributed by atoms with Crippen molar-refractivity contribution in [3.63, 3.8) is 0 Å². The number of nitrogens with two attached hydrogens (primary N) is 1. The van der Waals surface area contributed by atoms with Crippen LogP contribution in [0, 0.1) is 5.92 Å². The molecule has 1 rings (SSSR count). The Hall–Kier alpha value is -0.650. The van der Waals surface area contributed by atoms with E-state index in [0.717, 1.165) is 26.3 Å². The summed E-state index contributed by atoms with van der Waals surface area (Å²) in [5, 5.41) is 0. The van der Waals surface area contributed by atoms with Gasteiger partial charge in [-0.3, -0.25) is 15.1 Å². The fourth-order valence-electron chi connectivity index (χ4n) is 1.61. The maximum Gasteiger partial charge on any atom is 0.237 e. The van der Waals surface area contributed by atoms with E-state index < -0.39 is 0 Å². The predicted molar refractivity (Wildman–Crippen MR) is 53.3 cm³/mol. The highest BCUT2D eigenvalue weighted by atomic mass is 16.5. The van der Waals surface area contributed by atoms with Crippen LogP contribution in [-0.2, 0) is 9.53 Å². The number of nitrogens with one attached hydrogen (secondary N) is 1. The Kier molecular flexibility index (Phi) is 4.31. The zero-order valence-corrected chi connectivity index (χ0v) is 8.82. The topological polar surface area (TPSA) is 67.6 Å². The Bertz CT molecular complexity index is 198. The van der Waals surface area contributed by atoms with Crippen molar-refractivity contribution in [2.75, 3.05) is 26.3 Å². The quantitative estimate of drug-likeness (QED) is 0.361. The number of rotatable bonds is 3. The SMILES string of the molecule is CC(CN1CCOCC1C)C(=O)NN. The number of carbonyl (C=O) groups is 1. The van der Waals surface area contributed by atoms with Crippen LogP contribution in [0.25, 0.3) is 0 Å². The Morgan fingerprint density at radius 3 is 3.07 bits per heavy atom. The molecule has 0 bridgehead atoms. The first-order valence-electron chi connectivity index (χ1n) is 4.97. The molecule has 0 aromatic heterocycles. The molecule has 5 heteroatoms. The van der Waals surface area contributed by atoms with E-state index in [9.17, 15) is 4.79 Å². The van der Waals surface area contributed by atoms with Crippen molar-refractivity contribution < 1.29 is 9.53 Å². The highest BCUT2D eigenvalue weighted by molar-refractivity contribution is 5.77. The predicted octanol–water partition coefficient (Wildman–Crippen LogP) is -0.667. The molecule has 0 aromatic rings. The average molecular weight is 201 g/mol. The van der Waals surface area contributed by atoms with Crippen LogP contribution in [0.2, 0.25) is 0 Å². The van der Waals surface area contributed by atoms with Crippen molar-refractivity contribution >= 4 is 5.91 Å². The maximum absolute atomic E-state index is 11.2. The maximum atomic E-state index is 11.2. The molecule has 1 saturated heterocycles. The fraction of sp³-hybridized carbons (Fsp3) is 0.889. The Balaban J connectivity index is 2.38. The van der Waals surface area contributed by atoms with Gasteiger partial charge in [0.15, 0.2) is 0 Å². The fourth-order valence-corrected chi connectivity index (χ4v) is 1.61. The van der Waals surface area contributed by atoms with E-state index in [-0.39, 0.29) is 11.8 Å². The standard InChI is InChI=1S/C9H19N3O2/c1-7(9(13)11-10)5-12-3-4-14-6-8(12)2/h7-8H,3-6,10H2,1-2H3,(H,11,13). The molecule has 1 aliphatic heterocycles. The molecule has 3 N–H and O–H groups in total. The normalized spacial score (nSPS) is 25.8. The van der Waals surface area contributed by atoms with Gasteiger partial charge >= 0.3 is 0 Å². The van der Waals surface area contributed by atoms with Crippen LogP contribution < -0.4 is 11.3 Å². The number of morpholine rings is 1. The van der Waals surface area contributed by atoms with Gasteiger partial charge in [-0.05, 0) is 6.92 Å². The van der Waals surface area contributed by atoms with E-state index in [2.05, 4.69) is 17.2 Å². The Labute approximate surface area is 84.5 Å². The first kappa shape index (κ1) is 11.4. The summed E-state index contributed by atoms with van der Waals surface area (Å²) in [6.07, 6.45) is 0. The number of ether oxygens (including phenoxy) is 1. The number of amides is 1. The van der Waals surface area contributed by atoms with Crippen molar-refractivity contribution in [2.45, 2.75) is 19.9 Å². The lowest BCUT2D eigenvalue weighted by Gasteiger charge is -2.34. The number of carbonyl (C=O) groups excluding carboxylic acids is 1. The lowest BCUT2D eigenvalue weighted by atomic mass is 10.1. The molecule has 0 aromatic carbocycles. The van der Waals surface area contributed by atoms with Crippen molar-refractivity contribution in [3.05, 3.63) is 0 Å². The summed E-state index contributed by atoms with van der Waals surface area (Å²) in [6, 6.07) is 0.386. The van der Waals surface area contributed by atoms with E-state index in [1.807, 2.05) is 6.92 Å². The molecule has 1 aliphatic rings. The highest BCUT2D eigenvalue weighted by Crippen LogP contribution is 2.09. The molecule has 1 fully saturated rings. The van der Waals surface area contributed by atoms with Crippen LogP contribution in [-0.4, -0.2) is 43.2 Å². The van der Waals surface area contributed by atoms with Crippen molar-refractivity contribution in [1.29, 1.82) is 0 Å². The van der Waals surface area contributed by atoms with Gasteiger partial charge in [-0.15, -0.1) is 0 Å². The van der Waals surface area contributed by atoms with Crippen LogP contribution in [0.1, 0.15) is 13.8 Å². The molecule has 2 atom stereocenters. The second-order valence-electron chi connectivity index (χ2n) is 3.83. The minimum Gasteiger partial charge on any atom is -0.379 e.